The molecule has 2 rings (SSSR count). The number of nitrogens with zero attached hydrogens (tertiary/aromatic N) is 1. The van der Waals surface area contributed by atoms with E-state index < -0.39 is 0 Å². The van der Waals surface area contributed by atoms with Crippen LogP contribution in [0.3, 0.4) is 0 Å². The van der Waals surface area contributed by atoms with Gasteiger partial charge in [0.1, 0.15) is 10.7 Å². The molecule has 0 unspecified atom stereocenters. The number of benzene rings is 1. The zero-order valence-electron chi connectivity index (χ0n) is 9.66. The first-order chi connectivity index (χ1) is 7.70. The van der Waals surface area contributed by atoms with E-state index in [1.807, 2.05) is 6.92 Å². The summed E-state index contributed by atoms with van der Waals surface area (Å²) in [5, 5.41) is 1.82. The van der Waals surface area contributed by atoms with Gasteiger partial charge < -0.3 is 5.73 Å². The highest BCUT2D eigenvalue weighted by atomic mass is 32.1. The standard InChI is InChI=1S/C13H16N2S/c1-3-4-10-5-7-11(8-6-10)12-13(14)16-9(2)15-12/h5-8H,3-4,14H2,1-2H3. The van der Waals surface area contributed by atoms with Crippen LogP contribution in [0.2, 0.25) is 0 Å². The molecule has 0 fully saturated rings. The van der Waals surface area contributed by atoms with Crippen molar-refractivity contribution in [2.75, 3.05) is 5.73 Å². The molecule has 0 spiro atoms. The van der Waals surface area contributed by atoms with Crippen LogP contribution in [-0.2, 0) is 6.42 Å². The van der Waals surface area contributed by atoms with Crippen molar-refractivity contribution in [1.29, 1.82) is 0 Å². The highest BCUT2D eigenvalue weighted by Gasteiger charge is 2.07. The first-order valence-electron chi connectivity index (χ1n) is 5.53. The molecule has 0 bridgehead atoms. The van der Waals surface area contributed by atoms with Gasteiger partial charge >= 0.3 is 0 Å². The second kappa shape index (κ2) is 4.66. The number of aromatic nitrogens is 1. The Hall–Kier alpha value is -1.35. The summed E-state index contributed by atoms with van der Waals surface area (Å²) >= 11 is 1.55. The van der Waals surface area contributed by atoms with E-state index in [0.717, 1.165) is 27.7 Å². The number of anilines is 1. The van der Waals surface area contributed by atoms with Gasteiger partial charge in [-0.2, -0.15) is 0 Å². The molecule has 84 valence electrons. The summed E-state index contributed by atoms with van der Waals surface area (Å²) in [6.45, 7) is 4.17. The maximum absolute atomic E-state index is 5.93. The molecule has 1 heterocycles. The molecule has 0 aliphatic carbocycles. The van der Waals surface area contributed by atoms with Crippen molar-refractivity contribution < 1.29 is 0 Å². The topological polar surface area (TPSA) is 38.9 Å². The summed E-state index contributed by atoms with van der Waals surface area (Å²) in [5.74, 6) is 0. The molecule has 2 nitrogen and oxygen atoms in total. The third-order valence-corrected chi connectivity index (χ3v) is 3.33. The number of hydrogen-bond donors (Lipinski definition) is 1. The molecule has 2 aromatic rings. The van der Waals surface area contributed by atoms with E-state index in [1.165, 1.54) is 12.0 Å². The molecule has 1 aromatic heterocycles. The lowest BCUT2D eigenvalue weighted by Crippen LogP contribution is -1.87. The molecule has 3 heteroatoms. The molecular formula is C13H16N2S. The highest BCUT2D eigenvalue weighted by Crippen LogP contribution is 2.30. The zero-order chi connectivity index (χ0) is 11.5. The van der Waals surface area contributed by atoms with Crippen molar-refractivity contribution in [3.63, 3.8) is 0 Å². The molecule has 0 saturated carbocycles. The Morgan fingerprint density at radius 2 is 1.94 bits per heavy atom. The van der Waals surface area contributed by atoms with Gasteiger partial charge in [0.2, 0.25) is 0 Å². The minimum atomic E-state index is 0.806. The normalized spacial score (nSPS) is 10.6. The lowest BCUT2D eigenvalue weighted by atomic mass is 10.1. The maximum Gasteiger partial charge on any atom is 0.114 e. The van der Waals surface area contributed by atoms with Gasteiger partial charge in [-0.25, -0.2) is 4.98 Å². The predicted molar refractivity (Wildman–Crippen MR) is 70.7 cm³/mol. The van der Waals surface area contributed by atoms with Gasteiger partial charge in [0.25, 0.3) is 0 Å². The molecule has 0 aliphatic heterocycles. The van der Waals surface area contributed by atoms with E-state index in [0.29, 0.717) is 0 Å². The lowest BCUT2D eigenvalue weighted by Gasteiger charge is -2.01. The van der Waals surface area contributed by atoms with Crippen LogP contribution in [0, 0.1) is 6.92 Å². The Morgan fingerprint density at radius 3 is 2.44 bits per heavy atom. The van der Waals surface area contributed by atoms with Gasteiger partial charge in [-0.1, -0.05) is 37.6 Å². The zero-order valence-corrected chi connectivity index (χ0v) is 10.5. The van der Waals surface area contributed by atoms with Gasteiger partial charge in [0.15, 0.2) is 0 Å². The average Bonchev–Trinajstić information content (AvgIpc) is 2.59. The van der Waals surface area contributed by atoms with Crippen molar-refractivity contribution in [2.24, 2.45) is 0 Å². The molecule has 16 heavy (non-hydrogen) atoms. The third-order valence-electron chi connectivity index (χ3n) is 2.53. The molecule has 0 saturated heterocycles. The Bertz CT molecular complexity index is 471. The van der Waals surface area contributed by atoms with Crippen molar-refractivity contribution >= 4 is 16.3 Å². The number of nitrogens with two attached hydrogens (primary N) is 1. The van der Waals surface area contributed by atoms with Crippen LogP contribution in [0.1, 0.15) is 23.9 Å². The summed E-state index contributed by atoms with van der Waals surface area (Å²) < 4.78 is 0. The number of thiazole rings is 1. The van der Waals surface area contributed by atoms with E-state index in [-0.39, 0.29) is 0 Å². The third kappa shape index (κ3) is 2.25. The van der Waals surface area contributed by atoms with E-state index in [2.05, 4.69) is 36.2 Å². The van der Waals surface area contributed by atoms with Crippen LogP contribution < -0.4 is 5.73 Å². The van der Waals surface area contributed by atoms with Crippen molar-refractivity contribution in [3.05, 3.63) is 34.8 Å². The first-order valence-corrected chi connectivity index (χ1v) is 6.34. The molecule has 2 N–H and O–H groups in total. The SMILES string of the molecule is CCCc1ccc(-c2nc(C)sc2N)cc1. The van der Waals surface area contributed by atoms with Crippen LogP contribution in [0.15, 0.2) is 24.3 Å². The van der Waals surface area contributed by atoms with Crippen LogP contribution in [0.25, 0.3) is 11.3 Å². The Kier molecular flexibility index (Phi) is 3.25. The predicted octanol–water partition coefficient (Wildman–Crippen LogP) is 3.65. The van der Waals surface area contributed by atoms with Crippen LogP contribution in [0.4, 0.5) is 5.00 Å². The fourth-order valence-electron chi connectivity index (χ4n) is 1.77. The summed E-state index contributed by atoms with van der Waals surface area (Å²) in [6, 6.07) is 8.53. The van der Waals surface area contributed by atoms with Gasteiger partial charge in [0, 0.05) is 5.56 Å². The van der Waals surface area contributed by atoms with Crippen LogP contribution in [0.5, 0.6) is 0 Å². The monoisotopic (exact) mass is 232 g/mol. The summed E-state index contributed by atoms with van der Waals surface area (Å²) in [6.07, 6.45) is 2.31. The van der Waals surface area contributed by atoms with Gasteiger partial charge in [-0.05, 0) is 18.9 Å². The van der Waals surface area contributed by atoms with E-state index in [9.17, 15) is 0 Å². The van der Waals surface area contributed by atoms with E-state index in [1.54, 1.807) is 11.3 Å². The maximum atomic E-state index is 5.93. The van der Waals surface area contributed by atoms with Crippen molar-refractivity contribution in [3.8, 4) is 11.3 Å². The van der Waals surface area contributed by atoms with Crippen molar-refractivity contribution in [2.45, 2.75) is 26.7 Å². The number of aryl methyl sites for hydroxylation is 2. The first kappa shape index (κ1) is 11.1. The van der Waals surface area contributed by atoms with Gasteiger partial charge in [-0.15, -0.1) is 11.3 Å². The van der Waals surface area contributed by atoms with E-state index >= 15 is 0 Å². The second-order valence-corrected chi connectivity index (χ2v) is 5.13. The number of rotatable bonds is 3. The van der Waals surface area contributed by atoms with Crippen LogP contribution >= 0.6 is 11.3 Å². The molecule has 0 atom stereocenters. The van der Waals surface area contributed by atoms with Gasteiger partial charge in [0.05, 0.1) is 5.01 Å². The molecule has 1 aromatic carbocycles. The quantitative estimate of drug-likeness (QED) is 0.877. The lowest BCUT2D eigenvalue weighted by molar-refractivity contribution is 0.922. The number of nitrogen functional groups attached to an aromatic ring is 1. The Balaban J connectivity index is 2.31. The molecule has 0 radical (unpaired) electrons. The fourth-order valence-corrected chi connectivity index (χ4v) is 2.48. The second-order valence-electron chi connectivity index (χ2n) is 3.89. The molecular weight excluding hydrogens is 216 g/mol. The highest BCUT2D eigenvalue weighted by molar-refractivity contribution is 7.16. The minimum Gasteiger partial charge on any atom is -0.389 e. The largest absolute Gasteiger partial charge is 0.389 e. The van der Waals surface area contributed by atoms with Crippen LogP contribution in [-0.4, -0.2) is 4.98 Å². The van der Waals surface area contributed by atoms with Gasteiger partial charge in [-0.3, -0.25) is 0 Å². The smallest absolute Gasteiger partial charge is 0.114 e. The molecule has 0 amide bonds. The Morgan fingerprint density at radius 1 is 1.25 bits per heavy atom. The van der Waals surface area contributed by atoms with Crippen molar-refractivity contribution in [1.82, 2.24) is 4.98 Å². The average molecular weight is 232 g/mol. The molecule has 0 aliphatic rings. The summed E-state index contributed by atoms with van der Waals surface area (Å²) in [4.78, 5) is 4.45. The minimum absolute atomic E-state index is 0.806. The number of hydrogen-bond acceptors (Lipinski definition) is 3. The summed E-state index contributed by atoms with van der Waals surface area (Å²) in [5.41, 5.74) is 9.33. The fraction of sp³-hybridized carbons (Fsp3) is 0.308. The Labute approximate surface area is 100 Å². The van der Waals surface area contributed by atoms with E-state index in [4.69, 9.17) is 5.73 Å². The summed E-state index contributed by atoms with van der Waals surface area (Å²) in [7, 11) is 0.